The van der Waals surface area contributed by atoms with Gasteiger partial charge >= 0.3 is 0 Å². The standard InChI is InChI=1S/C18H10ClFIN5/c19-13-8-11(2-3-14(13)20)24-17-12-7-10(21)1-4-15(12)25-18(26-17)16-9-22-5-6-23-16/h1-9H,(H,24,25,26). The van der Waals surface area contributed by atoms with Gasteiger partial charge < -0.3 is 5.32 Å². The molecule has 0 unspecified atom stereocenters. The maximum atomic E-state index is 13.4. The van der Waals surface area contributed by atoms with Crippen molar-refractivity contribution in [2.24, 2.45) is 0 Å². The normalized spacial score (nSPS) is 10.9. The molecule has 4 aromatic rings. The lowest BCUT2D eigenvalue weighted by Gasteiger charge is -2.11. The summed E-state index contributed by atoms with van der Waals surface area (Å²) in [5.74, 6) is 0.555. The van der Waals surface area contributed by atoms with E-state index in [1.807, 2.05) is 18.2 Å². The van der Waals surface area contributed by atoms with Crippen LogP contribution in [0.2, 0.25) is 5.02 Å². The summed E-state index contributed by atoms with van der Waals surface area (Å²) in [5, 5.41) is 4.08. The fraction of sp³-hybridized carbons (Fsp3) is 0. The number of aromatic nitrogens is 4. The Hall–Kier alpha value is -2.39. The second-order valence-electron chi connectivity index (χ2n) is 5.40. The molecule has 0 spiro atoms. The Morgan fingerprint density at radius 2 is 1.92 bits per heavy atom. The first-order chi connectivity index (χ1) is 12.6. The summed E-state index contributed by atoms with van der Waals surface area (Å²) in [6, 6.07) is 10.3. The fourth-order valence-corrected chi connectivity index (χ4v) is 3.11. The monoisotopic (exact) mass is 477 g/mol. The Balaban J connectivity index is 1.87. The molecule has 8 heteroatoms. The first-order valence-corrected chi connectivity index (χ1v) is 9.01. The van der Waals surface area contributed by atoms with Crippen molar-refractivity contribution < 1.29 is 4.39 Å². The number of nitrogens with one attached hydrogen (secondary N) is 1. The van der Waals surface area contributed by atoms with E-state index in [4.69, 9.17) is 11.6 Å². The average molecular weight is 478 g/mol. The van der Waals surface area contributed by atoms with E-state index in [2.05, 4.69) is 47.8 Å². The lowest BCUT2D eigenvalue weighted by molar-refractivity contribution is 0.628. The largest absolute Gasteiger partial charge is 0.340 e. The van der Waals surface area contributed by atoms with E-state index in [9.17, 15) is 4.39 Å². The molecule has 2 heterocycles. The Morgan fingerprint density at radius 3 is 2.69 bits per heavy atom. The van der Waals surface area contributed by atoms with Crippen molar-refractivity contribution in [3.8, 4) is 11.5 Å². The summed E-state index contributed by atoms with van der Waals surface area (Å²) in [6.07, 6.45) is 4.78. The highest BCUT2D eigenvalue weighted by molar-refractivity contribution is 14.1. The van der Waals surface area contributed by atoms with Crippen LogP contribution < -0.4 is 5.32 Å². The number of hydrogen-bond acceptors (Lipinski definition) is 5. The van der Waals surface area contributed by atoms with Gasteiger partial charge in [-0.3, -0.25) is 4.98 Å². The van der Waals surface area contributed by atoms with Crippen LogP contribution in [0.3, 0.4) is 0 Å². The SMILES string of the molecule is Fc1ccc(Nc2nc(-c3cnccn3)nc3ccc(I)cc23)cc1Cl. The first kappa shape index (κ1) is 17.0. The van der Waals surface area contributed by atoms with Gasteiger partial charge in [0.2, 0.25) is 0 Å². The molecule has 0 atom stereocenters. The molecule has 5 nitrogen and oxygen atoms in total. The molecule has 0 saturated carbocycles. The number of hydrogen-bond donors (Lipinski definition) is 1. The molecule has 0 aliphatic heterocycles. The summed E-state index contributed by atoms with van der Waals surface area (Å²) in [6.45, 7) is 0. The van der Waals surface area contributed by atoms with Crippen LogP contribution >= 0.6 is 34.2 Å². The van der Waals surface area contributed by atoms with E-state index in [-0.39, 0.29) is 5.02 Å². The Bertz CT molecular complexity index is 1110. The highest BCUT2D eigenvalue weighted by Crippen LogP contribution is 2.29. The molecule has 2 aromatic heterocycles. The van der Waals surface area contributed by atoms with E-state index >= 15 is 0 Å². The molecule has 0 fully saturated rings. The smallest absolute Gasteiger partial charge is 0.182 e. The minimum Gasteiger partial charge on any atom is -0.340 e. The third-order valence-corrected chi connectivity index (χ3v) is 4.59. The van der Waals surface area contributed by atoms with Crippen molar-refractivity contribution in [1.82, 2.24) is 19.9 Å². The molecule has 0 amide bonds. The molecular formula is C18H10ClFIN5. The summed E-state index contributed by atoms with van der Waals surface area (Å²) >= 11 is 8.11. The molecule has 0 aliphatic rings. The summed E-state index contributed by atoms with van der Waals surface area (Å²) in [5.41, 5.74) is 1.95. The zero-order valence-corrected chi connectivity index (χ0v) is 16.0. The average Bonchev–Trinajstić information content (AvgIpc) is 2.65. The highest BCUT2D eigenvalue weighted by atomic mass is 127. The molecule has 0 radical (unpaired) electrons. The van der Waals surface area contributed by atoms with Gasteiger partial charge in [-0.2, -0.15) is 0 Å². The predicted molar refractivity (Wildman–Crippen MR) is 108 cm³/mol. The van der Waals surface area contributed by atoms with Crippen LogP contribution in [0.25, 0.3) is 22.4 Å². The third kappa shape index (κ3) is 3.45. The van der Waals surface area contributed by atoms with Crippen LogP contribution in [0.4, 0.5) is 15.9 Å². The minimum absolute atomic E-state index is 0.0390. The second-order valence-corrected chi connectivity index (χ2v) is 7.05. The minimum atomic E-state index is -0.473. The lowest BCUT2D eigenvalue weighted by atomic mass is 10.2. The van der Waals surface area contributed by atoms with Crippen LogP contribution in [0.15, 0.2) is 55.0 Å². The molecule has 2 aromatic carbocycles. The van der Waals surface area contributed by atoms with Crippen molar-refractivity contribution in [2.75, 3.05) is 5.32 Å². The quantitative estimate of drug-likeness (QED) is 0.410. The van der Waals surface area contributed by atoms with E-state index in [1.54, 1.807) is 24.7 Å². The summed E-state index contributed by atoms with van der Waals surface area (Å²) in [4.78, 5) is 17.5. The van der Waals surface area contributed by atoms with Crippen LogP contribution in [-0.4, -0.2) is 19.9 Å². The van der Waals surface area contributed by atoms with Gasteiger partial charge in [-0.15, -0.1) is 0 Å². The van der Waals surface area contributed by atoms with Crippen molar-refractivity contribution in [1.29, 1.82) is 0 Å². The van der Waals surface area contributed by atoms with Gasteiger partial charge in [-0.1, -0.05) is 11.6 Å². The number of nitrogens with zero attached hydrogens (tertiary/aromatic N) is 4. The Labute approximate surface area is 166 Å². The maximum absolute atomic E-state index is 13.4. The van der Waals surface area contributed by atoms with Gasteiger partial charge in [0.15, 0.2) is 5.82 Å². The molecule has 0 bridgehead atoms. The van der Waals surface area contributed by atoms with Crippen LogP contribution in [-0.2, 0) is 0 Å². The summed E-state index contributed by atoms with van der Waals surface area (Å²) < 4.78 is 14.5. The van der Waals surface area contributed by atoms with E-state index in [1.165, 1.54) is 12.1 Å². The summed E-state index contributed by atoms with van der Waals surface area (Å²) in [7, 11) is 0. The first-order valence-electron chi connectivity index (χ1n) is 7.56. The van der Waals surface area contributed by atoms with Gasteiger partial charge in [0, 0.05) is 27.0 Å². The van der Waals surface area contributed by atoms with Crippen molar-refractivity contribution in [3.63, 3.8) is 0 Å². The van der Waals surface area contributed by atoms with Gasteiger partial charge in [0.05, 0.1) is 16.7 Å². The third-order valence-electron chi connectivity index (χ3n) is 3.63. The number of anilines is 2. The molecule has 4 rings (SSSR count). The van der Waals surface area contributed by atoms with Crippen LogP contribution in [0.5, 0.6) is 0 Å². The van der Waals surface area contributed by atoms with Crippen molar-refractivity contribution >= 4 is 56.6 Å². The molecule has 1 N–H and O–H groups in total. The number of halogens is 3. The zero-order valence-electron chi connectivity index (χ0n) is 13.1. The Morgan fingerprint density at radius 1 is 1.04 bits per heavy atom. The highest BCUT2D eigenvalue weighted by Gasteiger charge is 2.12. The van der Waals surface area contributed by atoms with Gasteiger partial charge in [-0.25, -0.2) is 19.3 Å². The topological polar surface area (TPSA) is 63.6 Å². The van der Waals surface area contributed by atoms with E-state index < -0.39 is 5.82 Å². The lowest BCUT2D eigenvalue weighted by Crippen LogP contribution is -2.01. The fourth-order valence-electron chi connectivity index (χ4n) is 2.44. The maximum Gasteiger partial charge on any atom is 0.182 e. The van der Waals surface area contributed by atoms with Crippen molar-refractivity contribution in [3.05, 3.63) is 69.4 Å². The van der Waals surface area contributed by atoms with Crippen LogP contribution in [0, 0.1) is 9.39 Å². The molecule has 26 heavy (non-hydrogen) atoms. The van der Waals surface area contributed by atoms with Gasteiger partial charge in [-0.05, 0) is 59.0 Å². The van der Waals surface area contributed by atoms with Crippen molar-refractivity contribution in [2.45, 2.75) is 0 Å². The molecular weight excluding hydrogens is 468 g/mol. The van der Waals surface area contributed by atoms with E-state index in [0.717, 1.165) is 14.5 Å². The predicted octanol–water partition coefficient (Wildman–Crippen LogP) is 5.23. The van der Waals surface area contributed by atoms with Crippen LogP contribution in [0.1, 0.15) is 0 Å². The Kier molecular flexibility index (Phi) is 4.64. The number of fused-ring (bicyclic) bond motifs is 1. The molecule has 128 valence electrons. The van der Waals surface area contributed by atoms with Gasteiger partial charge in [0.25, 0.3) is 0 Å². The van der Waals surface area contributed by atoms with E-state index in [0.29, 0.717) is 23.0 Å². The van der Waals surface area contributed by atoms with Gasteiger partial charge in [0.1, 0.15) is 17.3 Å². The number of benzene rings is 2. The molecule has 0 aliphatic carbocycles. The second kappa shape index (κ2) is 7.08. The molecule has 0 saturated heterocycles. The number of rotatable bonds is 3. The zero-order chi connectivity index (χ0) is 18.1.